The van der Waals surface area contributed by atoms with Gasteiger partial charge in [0.25, 0.3) is 0 Å². The van der Waals surface area contributed by atoms with Crippen LogP contribution in [0.5, 0.6) is 0 Å². The molecule has 0 aromatic rings. The first-order chi connectivity index (χ1) is 7.41. The fourth-order valence-corrected chi connectivity index (χ4v) is 2.81. The SMILES string of the molecule is CCCCCCCCCCCCC[CH2][SnH]. The molecule has 15 heavy (non-hydrogen) atoms. The molecule has 0 atom stereocenters. The Balaban J connectivity index is 2.81. The standard InChI is InChI=1S/C14H29.Sn.H/c1-3-5-7-9-11-13-14-12-10-8-6-4-2;;/h1,3-14H2,2H3;;. The normalized spacial score (nSPS) is 10.8. The van der Waals surface area contributed by atoms with Gasteiger partial charge in [0.2, 0.25) is 0 Å². The van der Waals surface area contributed by atoms with Gasteiger partial charge >= 0.3 is 97.6 Å². The van der Waals surface area contributed by atoms with Gasteiger partial charge in [-0.25, -0.2) is 0 Å². The minimum absolute atomic E-state index is 1.38. The van der Waals surface area contributed by atoms with Gasteiger partial charge in [0.05, 0.1) is 0 Å². The van der Waals surface area contributed by atoms with Crippen molar-refractivity contribution in [2.45, 2.75) is 88.4 Å². The molecule has 0 rings (SSSR count). The summed E-state index contributed by atoms with van der Waals surface area (Å²) in [5.41, 5.74) is 0. The summed E-state index contributed by atoms with van der Waals surface area (Å²) < 4.78 is 1.50. The monoisotopic (exact) mass is 318 g/mol. The summed E-state index contributed by atoms with van der Waals surface area (Å²) in [6.45, 7) is 2.29. The molecule has 90 valence electrons. The predicted octanol–water partition coefficient (Wildman–Crippen LogP) is 5.01. The van der Waals surface area contributed by atoms with E-state index in [4.69, 9.17) is 0 Å². The van der Waals surface area contributed by atoms with Crippen LogP contribution in [0.3, 0.4) is 0 Å². The fourth-order valence-electron chi connectivity index (χ4n) is 1.99. The average Bonchev–Trinajstić information content (AvgIpc) is 2.26. The second-order valence-corrected chi connectivity index (χ2v) is 6.33. The van der Waals surface area contributed by atoms with Crippen LogP contribution in [0.2, 0.25) is 4.44 Å². The van der Waals surface area contributed by atoms with E-state index in [1.54, 1.807) is 0 Å². The summed E-state index contributed by atoms with van der Waals surface area (Å²) in [5, 5.41) is 0. The maximum atomic E-state index is 2.29. The molecule has 1 heteroatoms. The van der Waals surface area contributed by atoms with Crippen molar-refractivity contribution < 1.29 is 0 Å². The number of hydrogen-bond donors (Lipinski definition) is 0. The molecule has 0 saturated carbocycles. The van der Waals surface area contributed by atoms with Crippen molar-refractivity contribution in [3.05, 3.63) is 0 Å². The van der Waals surface area contributed by atoms with Gasteiger partial charge in [-0.1, -0.05) is 13.3 Å². The van der Waals surface area contributed by atoms with Crippen molar-refractivity contribution in [2.24, 2.45) is 0 Å². The Kier molecular flexibility index (Phi) is 15.6. The first-order valence-electron chi connectivity index (χ1n) is 7.12. The summed E-state index contributed by atoms with van der Waals surface area (Å²) in [6.07, 6.45) is 17.7. The van der Waals surface area contributed by atoms with Crippen LogP contribution < -0.4 is 0 Å². The Morgan fingerprint density at radius 2 is 0.867 bits per heavy atom. The van der Waals surface area contributed by atoms with Gasteiger partial charge in [-0.05, 0) is 0 Å². The van der Waals surface area contributed by atoms with E-state index in [9.17, 15) is 0 Å². The quantitative estimate of drug-likeness (QED) is 0.351. The van der Waals surface area contributed by atoms with E-state index in [0.29, 0.717) is 0 Å². The van der Waals surface area contributed by atoms with Gasteiger partial charge in [0.15, 0.2) is 0 Å². The van der Waals surface area contributed by atoms with Gasteiger partial charge < -0.3 is 0 Å². The van der Waals surface area contributed by atoms with Gasteiger partial charge in [-0.15, -0.1) is 0 Å². The summed E-state index contributed by atoms with van der Waals surface area (Å²) in [5.74, 6) is 0. The molecule has 0 aromatic heterocycles. The summed E-state index contributed by atoms with van der Waals surface area (Å²) in [7, 11) is 0. The summed E-state index contributed by atoms with van der Waals surface area (Å²) >= 11 is 1.47. The van der Waals surface area contributed by atoms with Crippen LogP contribution in [0.25, 0.3) is 0 Å². The van der Waals surface area contributed by atoms with Crippen LogP contribution in [-0.2, 0) is 0 Å². The minimum atomic E-state index is 1.38. The zero-order valence-electron chi connectivity index (χ0n) is 10.8. The van der Waals surface area contributed by atoms with Gasteiger partial charge in [-0.3, -0.25) is 0 Å². The van der Waals surface area contributed by atoms with Crippen LogP contribution in [0.4, 0.5) is 0 Å². The molecule has 0 aliphatic rings. The van der Waals surface area contributed by atoms with Crippen LogP contribution in [0.15, 0.2) is 0 Å². The molecule has 0 N–H and O–H groups in total. The maximum absolute atomic E-state index is 2.29. The molecule has 0 bridgehead atoms. The first kappa shape index (κ1) is 15.8. The third-order valence-electron chi connectivity index (χ3n) is 3.06. The van der Waals surface area contributed by atoms with E-state index in [1.165, 1.54) is 104 Å². The van der Waals surface area contributed by atoms with Crippen molar-refractivity contribution in [1.29, 1.82) is 0 Å². The summed E-state index contributed by atoms with van der Waals surface area (Å²) in [4.78, 5) is 0. The van der Waals surface area contributed by atoms with Crippen LogP contribution in [-0.4, -0.2) is 22.5 Å². The molecule has 0 heterocycles. The topological polar surface area (TPSA) is 0 Å². The molecule has 0 nitrogen and oxygen atoms in total. The zero-order chi connectivity index (χ0) is 11.2. The third kappa shape index (κ3) is 14.8. The first-order valence-corrected chi connectivity index (χ1v) is 9.45. The van der Waals surface area contributed by atoms with Crippen molar-refractivity contribution in [2.75, 3.05) is 0 Å². The van der Waals surface area contributed by atoms with Crippen LogP contribution >= 0.6 is 0 Å². The molecule has 0 aliphatic carbocycles. The van der Waals surface area contributed by atoms with E-state index in [2.05, 4.69) is 6.92 Å². The molecule has 0 saturated heterocycles. The second kappa shape index (κ2) is 14.8. The van der Waals surface area contributed by atoms with E-state index < -0.39 is 0 Å². The van der Waals surface area contributed by atoms with E-state index >= 15 is 0 Å². The summed E-state index contributed by atoms with van der Waals surface area (Å²) in [6, 6.07) is 0. The van der Waals surface area contributed by atoms with Gasteiger partial charge in [0.1, 0.15) is 0 Å². The fraction of sp³-hybridized carbons (Fsp3) is 1.00. The van der Waals surface area contributed by atoms with Crippen molar-refractivity contribution >= 4 is 22.5 Å². The Morgan fingerprint density at radius 1 is 0.533 bits per heavy atom. The molecule has 0 unspecified atom stereocenters. The van der Waals surface area contributed by atoms with Crippen molar-refractivity contribution in [3.8, 4) is 0 Å². The van der Waals surface area contributed by atoms with Crippen molar-refractivity contribution in [1.82, 2.24) is 0 Å². The number of unbranched alkanes of at least 4 members (excludes halogenated alkanes) is 11. The van der Waals surface area contributed by atoms with Gasteiger partial charge in [0, 0.05) is 0 Å². The van der Waals surface area contributed by atoms with Crippen molar-refractivity contribution in [3.63, 3.8) is 0 Å². The zero-order valence-corrected chi connectivity index (χ0v) is 14.1. The van der Waals surface area contributed by atoms with E-state index in [1.807, 2.05) is 0 Å². The Labute approximate surface area is 111 Å². The third-order valence-corrected chi connectivity index (χ3v) is 4.22. The Morgan fingerprint density at radius 3 is 1.20 bits per heavy atom. The number of rotatable bonds is 12. The molecule has 2 radical (unpaired) electrons. The number of hydrogen-bond acceptors (Lipinski definition) is 0. The Hall–Kier alpha value is 0.799. The average molecular weight is 317 g/mol. The molecule has 0 aromatic carbocycles. The Bertz CT molecular complexity index is 89.5. The molecule has 0 aliphatic heterocycles. The molecule has 0 fully saturated rings. The molecular weight excluding hydrogens is 287 g/mol. The molecular formula is C14H30Sn. The molecule has 0 amide bonds. The predicted molar refractivity (Wildman–Crippen MR) is 73.0 cm³/mol. The van der Waals surface area contributed by atoms with Crippen LogP contribution in [0.1, 0.15) is 84.0 Å². The van der Waals surface area contributed by atoms with Crippen LogP contribution in [0, 0.1) is 0 Å². The van der Waals surface area contributed by atoms with Gasteiger partial charge in [-0.2, -0.15) is 0 Å². The van der Waals surface area contributed by atoms with E-state index in [-0.39, 0.29) is 0 Å². The second-order valence-electron chi connectivity index (χ2n) is 4.68. The molecule has 0 spiro atoms. The van der Waals surface area contributed by atoms with E-state index in [0.717, 1.165) is 0 Å².